The third kappa shape index (κ3) is 3.23. The van der Waals surface area contributed by atoms with Gasteiger partial charge in [-0.05, 0) is 30.0 Å². The summed E-state index contributed by atoms with van der Waals surface area (Å²) in [5.41, 5.74) is 8.65. The van der Waals surface area contributed by atoms with Gasteiger partial charge in [-0.25, -0.2) is 0 Å². The molecular weight excluding hydrogens is 316 g/mol. The lowest BCUT2D eigenvalue weighted by Crippen LogP contribution is -2.36. The molecule has 1 heterocycles. The van der Waals surface area contributed by atoms with Crippen LogP contribution in [0.2, 0.25) is 0 Å². The Kier molecular flexibility index (Phi) is 4.23. The first-order valence-corrected chi connectivity index (χ1v) is 7.62. The van der Waals surface area contributed by atoms with Gasteiger partial charge in [0, 0.05) is 23.2 Å². The van der Waals surface area contributed by atoms with Crippen molar-refractivity contribution in [2.24, 2.45) is 5.41 Å². The Morgan fingerprint density at radius 2 is 2.05 bits per heavy atom. The topological polar surface area (TPSA) is 46.3 Å². The smallest absolute Gasteiger partial charge is 0.256 e. The molecular formula is C16H21BrN2O. The zero-order valence-electron chi connectivity index (χ0n) is 12.2. The van der Waals surface area contributed by atoms with Crippen LogP contribution >= 0.6 is 15.9 Å². The summed E-state index contributed by atoms with van der Waals surface area (Å²) in [7, 11) is 0. The Morgan fingerprint density at radius 3 is 2.55 bits per heavy atom. The molecule has 1 aliphatic rings. The van der Waals surface area contributed by atoms with E-state index in [9.17, 15) is 4.79 Å². The van der Waals surface area contributed by atoms with Crippen molar-refractivity contribution in [3.05, 3.63) is 39.9 Å². The molecule has 1 aromatic carbocycles. The standard InChI is InChI=1S/C16H21BrN2O/c1-16(2,3)11-6-8-19(9-7-11)15(20)13-5-4-12(17)10-14(13)18/h4-6,10H,7-9,18H2,1-3H3. The third-order valence-corrected chi connectivity index (χ3v) is 4.20. The number of nitrogen functional groups attached to an aromatic ring is 1. The minimum Gasteiger partial charge on any atom is -0.398 e. The van der Waals surface area contributed by atoms with Crippen LogP contribution in [0.1, 0.15) is 37.6 Å². The molecule has 1 aromatic rings. The van der Waals surface area contributed by atoms with Crippen molar-refractivity contribution in [2.75, 3.05) is 18.8 Å². The summed E-state index contributed by atoms with van der Waals surface area (Å²) in [5.74, 6) is 0.0132. The summed E-state index contributed by atoms with van der Waals surface area (Å²) in [6.45, 7) is 8.06. The molecule has 0 fully saturated rings. The van der Waals surface area contributed by atoms with E-state index in [0.717, 1.165) is 17.4 Å². The predicted molar refractivity (Wildman–Crippen MR) is 86.6 cm³/mol. The number of benzene rings is 1. The fourth-order valence-electron chi connectivity index (χ4n) is 2.43. The predicted octanol–water partition coefficient (Wildman–Crippen LogP) is 3.85. The Morgan fingerprint density at radius 1 is 1.35 bits per heavy atom. The lowest BCUT2D eigenvalue weighted by Gasteiger charge is -2.32. The Balaban J connectivity index is 2.14. The molecule has 1 aliphatic heterocycles. The highest BCUT2D eigenvalue weighted by Gasteiger charge is 2.24. The molecule has 3 nitrogen and oxygen atoms in total. The fourth-order valence-corrected chi connectivity index (χ4v) is 2.81. The first-order chi connectivity index (χ1) is 9.29. The maximum Gasteiger partial charge on any atom is 0.256 e. The van der Waals surface area contributed by atoms with E-state index in [2.05, 4.69) is 42.8 Å². The molecule has 0 aromatic heterocycles. The number of carbonyl (C=O) groups is 1. The van der Waals surface area contributed by atoms with Crippen molar-refractivity contribution in [3.63, 3.8) is 0 Å². The third-order valence-electron chi connectivity index (χ3n) is 3.70. The normalized spacial score (nSPS) is 16.0. The van der Waals surface area contributed by atoms with Crippen LogP contribution in [0, 0.1) is 5.41 Å². The zero-order valence-corrected chi connectivity index (χ0v) is 13.8. The van der Waals surface area contributed by atoms with Crippen molar-refractivity contribution in [3.8, 4) is 0 Å². The van der Waals surface area contributed by atoms with Crippen molar-refractivity contribution in [2.45, 2.75) is 27.2 Å². The van der Waals surface area contributed by atoms with Crippen LogP contribution in [0.4, 0.5) is 5.69 Å². The Bertz CT molecular complexity index is 558. The van der Waals surface area contributed by atoms with Gasteiger partial charge in [-0.1, -0.05) is 48.4 Å². The van der Waals surface area contributed by atoms with Gasteiger partial charge in [-0.2, -0.15) is 0 Å². The summed E-state index contributed by atoms with van der Waals surface area (Å²) in [4.78, 5) is 14.3. The summed E-state index contributed by atoms with van der Waals surface area (Å²) >= 11 is 3.36. The Hall–Kier alpha value is -1.29. The minimum absolute atomic E-state index is 0.0132. The first-order valence-electron chi connectivity index (χ1n) is 6.83. The molecule has 2 N–H and O–H groups in total. The number of carbonyl (C=O) groups excluding carboxylic acids is 1. The molecule has 0 aliphatic carbocycles. The van der Waals surface area contributed by atoms with E-state index in [1.54, 1.807) is 12.1 Å². The molecule has 0 bridgehead atoms. The maximum absolute atomic E-state index is 12.5. The highest BCUT2D eigenvalue weighted by Crippen LogP contribution is 2.30. The number of rotatable bonds is 1. The van der Waals surface area contributed by atoms with Gasteiger partial charge in [0.25, 0.3) is 5.91 Å². The number of halogens is 1. The Labute approximate surface area is 129 Å². The quantitative estimate of drug-likeness (QED) is 0.625. The van der Waals surface area contributed by atoms with Crippen LogP contribution < -0.4 is 5.73 Å². The van der Waals surface area contributed by atoms with E-state index in [4.69, 9.17) is 5.73 Å². The average Bonchev–Trinajstić information content (AvgIpc) is 2.37. The molecule has 0 radical (unpaired) electrons. The highest BCUT2D eigenvalue weighted by atomic mass is 79.9. The van der Waals surface area contributed by atoms with Gasteiger partial charge in [0.2, 0.25) is 0 Å². The second-order valence-electron chi connectivity index (χ2n) is 6.21. The van der Waals surface area contributed by atoms with Gasteiger partial charge in [0.05, 0.1) is 5.56 Å². The molecule has 4 heteroatoms. The minimum atomic E-state index is 0.0132. The summed E-state index contributed by atoms with van der Waals surface area (Å²) in [6, 6.07) is 5.41. The summed E-state index contributed by atoms with van der Waals surface area (Å²) in [6.07, 6.45) is 3.11. The molecule has 0 unspecified atom stereocenters. The van der Waals surface area contributed by atoms with Crippen LogP contribution in [-0.4, -0.2) is 23.9 Å². The molecule has 0 saturated heterocycles. The lowest BCUT2D eigenvalue weighted by molar-refractivity contribution is 0.0766. The van der Waals surface area contributed by atoms with Crippen LogP contribution in [0.3, 0.4) is 0 Å². The molecule has 108 valence electrons. The van der Waals surface area contributed by atoms with Gasteiger partial charge in [-0.15, -0.1) is 0 Å². The van der Waals surface area contributed by atoms with E-state index in [-0.39, 0.29) is 11.3 Å². The average molecular weight is 337 g/mol. The van der Waals surface area contributed by atoms with Gasteiger partial charge < -0.3 is 10.6 Å². The van der Waals surface area contributed by atoms with Crippen LogP contribution in [-0.2, 0) is 0 Å². The number of nitrogens with zero attached hydrogens (tertiary/aromatic N) is 1. The van der Waals surface area contributed by atoms with Crippen molar-refractivity contribution >= 4 is 27.5 Å². The highest BCUT2D eigenvalue weighted by molar-refractivity contribution is 9.10. The van der Waals surface area contributed by atoms with Crippen LogP contribution in [0.15, 0.2) is 34.3 Å². The summed E-state index contributed by atoms with van der Waals surface area (Å²) in [5, 5.41) is 0. The largest absolute Gasteiger partial charge is 0.398 e. The van der Waals surface area contributed by atoms with Gasteiger partial charge >= 0.3 is 0 Å². The molecule has 0 spiro atoms. The number of anilines is 1. The number of nitrogens with two attached hydrogens (primary N) is 1. The number of hydrogen-bond acceptors (Lipinski definition) is 2. The molecule has 20 heavy (non-hydrogen) atoms. The second kappa shape index (κ2) is 5.60. The molecule has 2 rings (SSSR count). The number of amides is 1. The molecule has 1 amide bonds. The maximum atomic E-state index is 12.5. The van der Waals surface area contributed by atoms with E-state index in [1.165, 1.54) is 5.57 Å². The zero-order chi connectivity index (χ0) is 14.9. The van der Waals surface area contributed by atoms with Crippen LogP contribution in [0.25, 0.3) is 0 Å². The van der Waals surface area contributed by atoms with Crippen molar-refractivity contribution in [1.82, 2.24) is 4.90 Å². The monoisotopic (exact) mass is 336 g/mol. The van der Waals surface area contributed by atoms with E-state index >= 15 is 0 Å². The van der Waals surface area contributed by atoms with E-state index in [0.29, 0.717) is 17.8 Å². The van der Waals surface area contributed by atoms with Gasteiger partial charge in [-0.3, -0.25) is 4.79 Å². The van der Waals surface area contributed by atoms with E-state index < -0.39 is 0 Å². The van der Waals surface area contributed by atoms with Gasteiger partial charge in [0.1, 0.15) is 0 Å². The molecule has 0 atom stereocenters. The molecule has 0 saturated carbocycles. The van der Waals surface area contributed by atoms with E-state index in [1.807, 2.05) is 11.0 Å². The van der Waals surface area contributed by atoms with Crippen LogP contribution in [0.5, 0.6) is 0 Å². The number of hydrogen-bond donors (Lipinski definition) is 1. The summed E-state index contributed by atoms with van der Waals surface area (Å²) < 4.78 is 0.889. The lowest BCUT2D eigenvalue weighted by atomic mass is 9.83. The van der Waals surface area contributed by atoms with Gasteiger partial charge in [0.15, 0.2) is 0 Å². The SMILES string of the molecule is CC(C)(C)C1=CCN(C(=O)c2ccc(Br)cc2N)CC1. The fraction of sp³-hybridized carbons (Fsp3) is 0.438. The van der Waals surface area contributed by atoms with Crippen molar-refractivity contribution < 1.29 is 4.79 Å². The first kappa shape index (κ1) is 15.1. The van der Waals surface area contributed by atoms with Crippen molar-refractivity contribution in [1.29, 1.82) is 0 Å². The second-order valence-corrected chi connectivity index (χ2v) is 7.13.